The number of hydrogen-bond donors (Lipinski definition) is 1. The van der Waals surface area contributed by atoms with Gasteiger partial charge >= 0.3 is 0 Å². The molecule has 3 nitrogen and oxygen atoms in total. The van der Waals surface area contributed by atoms with E-state index in [1.807, 2.05) is 0 Å². The van der Waals surface area contributed by atoms with Crippen LogP contribution in [0.4, 0.5) is 0 Å². The van der Waals surface area contributed by atoms with Crippen molar-refractivity contribution in [2.75, 3.05) is 32.8 Å². The zero-order valence-corrected chi connectivity index (χ0v) is 12.9. The smallest absolute Gasteiger partial charge is 0.122 e. The number of nitrogens with zero attached hydrogens (tertiary/aromatic N) is 1. The molecule has 1 aliphatic heterocycles. The second-order valence-electron chi connectivity index (χ2n) is 5.21. The van der Waals surface area contributed by atoms with E-state index in [-0.39, 0.29) is 12.4 Å². The van der Waals surface area contributed by atoms with E-state index < -0.39 is 0 Å². The molecule has 1 N–H and O–H groups in total. The molecule has 1 atom stereocenters. The van der Waals surface area contributed by atoms with Crippen molar-refractivity contribution in [1.82, 2.24) is 10.2 Å². The minimum absolute atomic E-state index is 0. The number of benzene rings is 1. The molecule has 0 aliphatic carbocycles. The standard InChI is InChI=1S/C15H24N2O.ClH/c1-12-4-5-13(2)15(10-12)18-9-8-17-7-6-16-11-14(17)3;/h4-5,10,14,16H,6-9,11H2,1-3H3;1H. The molecule has 4 heteroatoms. The first-order valence-electron chi connectivity index (χ1n) is 6.81. The summed E-state index contributed by atoms with van der Waals surface area (Å²) in [5.74, 6) is 1.03. The summed E-state index contributed by atoms with van der Waals surface area (Å²) in [7, 11) is 0. The molecule has 1 aliphatic rings. The Bertz CT molecular complexity index is 398. The summed E-state index contributed by atoms with van der Waals surface area (Å²) >= 11 is 0. The topological polar surface area (TPSA) is 24.5 Å². The van der Waals surface area contributed by atoms with Gasteiger partial charge in [0.2, 0.25) is 0 Å². The van der Waals surface area contributed by atoms with Crippen molar-refractivity contribution in [3.05, 3.63) is 29.3 Å². The second kappa shape index (κ2) is 7.73. The van der Waals surface area contributed by atoms with Crippen molar-refractivity contribution >= 4 is 12.4 Å². The van der Waals surface area contributed by atoms with Crippen LogP contribution in [0.5, 0.6) is 5.75 Å². The summed E-state index contributed by atoms with van der Waals surface area (Å²) in [5, 5.41) is 3.41. The van der Waals surface area contributed by atoms with Gasteiger partial charge in [0.25, 0.3) is 0 Å². The Morgan fingerprint density at radius 1 is 1.37 bits per heavy atom. The van der Waals surface area contributed by atoms with Gasteiger partial charge in [-0.05, 0) is 38.0 Å². The second-order valence-corrected chi connectivity index (χ2v) is 5.21. The van der Waals surface area contributed by atoms with Crippen molar-refractivity contribution < 1.29 is 4.74 Å². The molecule has 1 unspecified atom stereocenters. The molecular formula is C15H25ClN2O. The van der Waals surface area contributed by atoms with E-state index in [0.29, 0.717) is 6.04 Å². The average molecular weight is 285 g/mol. The highest BCUT2D eigenvalue weighted by atomic mass is 35.5. The molecule has 1 saturated heterocycles. The third-order valence-electron chi connectivity index (χ3n) is 3.62. The lowest BCUT2D eigenvalue weighted by Gasteiger charge is -2.33. The molecule has 0 spiro atoms. The summed E-state index contributed by atoms with van der Waals surface area (Å²) < 4.78 is 5.91. The highest BCUT2D eigenvalue weighted by Crippen LogP contribution is 2.19. The van der Waals surface area contributed by atoms with Crippen LogP contribution in [0.15, 0.2) is 18.2 Å². The fourth-order valence-corrected chi connectivity index (χ4v) is 2.35. The summed E-state index contributed by atoms with van der Waals surface area (Å²) in [6.07, 6.45) is 0. The molecule has 0 saturated carbocycles. The summed E-state index contributed by atoms with van der Waals surface area (Å²) in [5.41, 5.74) is 2.47. The number of aryl methyl sites for hydroxylation is 2. The van der Waals surface area contributed by atoms with Gasteiger partial charge in [-0.25, -0.2) is 0 Å². The third-order valence-corrected chi connectivity index (χ3v) is 3.62. The van der Waals surface area contributed by atoms with E-state index in [4.69, 9.17) is 4.74 Å². The number of ether oxygens (including phenoxy) is 1. The van der Waals surface area contributed by atoms with Crippen LogP contribution in [0.1, 0.15) is 18.1 Å². The van der Waals surface area contributed by atoms with Gasteiger partial charge < -0.3 is 10.1 Å². The Morgan fingerprint density at radius 2 is 2.16 bits per heavy atom. The fraction of sp³-hybridized carbons (Fsp3) is 0.600. The first-order chi connectivity index (χ1) is 8.66. The quantitative estimate of drug-likeness (QED) is 0.919. The maximum Gasteiger partial charge on any atom is 0.122 e. The molecule has 1 aromatic rings. The normalized spacial score (nSPS) is 19.8. The van der Waals surface area contributed by atoms with Gasteiger partial charge in [-0.2, -0.15) is 0 Å². The van der Waals surface area contributed by atoms with Crippen molar-refractivity contribution in [3.63, 3.8) is 0 Å². The van der Waals surface area contributed by atoms with E-state index in [0.717, 1.165) is 38.5 Å². The largest absolute Gasteiger partial charge is 0.492 e. The molecule has 0 amide bonds. The van der Waals surface area contributed by atoms with Gasteiger partial charge in [-0.3, -0.25) is 4.90 Å². The maximum absolute atomic E-state index is 5.91. The lowest BCUT2D eigenvalue weighted by molar-refractivity contribution is 0.143. The number of nitrogens with one attached hydrogen (secondary N) is 1. The zero-order chi connectivity index (χ0) is 13.0. The van der Waals surface area contributed by atoms with E-state index in [2.05, 4.69) is 49.2 Å². The Hall–Kier alpha value is -0.770. The van der Waals surface area contributed by atoms with Crippen molar-refractivity contribution in [1.29, 1.82) is 0 Å². The van der Waals surface area contributed by atoms with Crippen molar-refractivity contribution in [2.45, 2.75) is 26.8 Å². The van der Waals surface area contributed by atoms with Crippen LogP contribution in [-0.4, -0.2) is 43.7 Å². The van der Waals surface area contributed by atoms with E-state index in [1.54, 1.807) is 0 Å². The lowest BCUT2D eigenvalue weighted by atomic mass is 10.1. The van der Waals surface area contributed by atoms with Gasteiger partial charge in [-0.1, -0.05) is 12.1 Å². The first kappa shape index (κ1) is 16.3. The highest BCUT2D eigenvalue weighted by Gasteiger charge is 2.17. The predicted octanol–water partition coefficient (Wildman–Crippen LogP) is 2.40. The molecule has 0 radical (unpaired) electrons. The number of rotatable bonds is 4. The minimum atomic E-state index is 0. The zero-order valence-electron chi connectivity index (χ0n) is 12.1. The van der Waals surface area contributed by atoms with E-state index in [9.17, 15) is 0 Å². The summed E-state index contributed by atoms with van der Waals surface area (Å²) in [6.45, 7) is 11.6. The number of piperazine rings is 1. The van der Waals surface area contributed by atoms with E-state index >= 15 is 0 Å². The molecule has 1 fully saturated rings. The molecule has 108 valence electrons. The van der Waals surface area contributed by atoms with Gasteiger partial charge in [0, 0.05) is 32.2 Å². The monoisotopic (exact) mass is 284 g/mol. The first-order valence-corrected chi connectivity index (χ1v) is 6.81. The maximum atomic E-state index is 5.91. The van der Waals surface area contributed by atoms with Gasteiger partial charge in [-0.15, -0.1) is 12.4 Å². The van der Waals surface area contributed by atoms with Crippen molar-refractivity contribution in [2.24, 2.45) is 0 Å². The average Bonchev–Trinajstić information content (AvgIpc) is 2.36. The molecule has 1 heterocycles. The van der Waals surface area contributed by atoms with Gasteiger partial charge in [0.05, 0.1) is 0 Å². The Labute approximate surface area is 122 Å². The van der Waals surface area contributed by atoms with Crippen LogP contribution >= 0.6 is 12.4 Å². The van der Waals surface area contributed by atoms with Crippen LogP contribution in [-0.2, 0) is 0 Å². The molecule has 2 rings (SSSR count). The summed E-state index contributed by atoms with van der Waals surface area (Å²) in [6, 6.07) is 6.98. The molecule has 19 heavy (non-hydrogen) atoms. The summed E-state index contributed by atoms with van der Waals surface area (Å²) in [4.78, 5) is 2.49. The molecule has 0 bridgehead atoms. The van der Waals surface area contributed by atoms with Crippen LogP contribution in [0, 0.1) is 13.8 Å². The molecular weight excluding hydrogens is 260 g/mol. The number of halogens is 1. The Morgan fingerprint density at radius 3 is 2.89 bits per heavy atom. The molecule has 1 aromatic carbocycles. The van der Waals surface area contributed by atoms with Crippen LogP contribution in [0.3, 0.4) is 0 Å². The van der Waals surface area contributed by atoms with Crippen LogP contribution in [0.25, 0.3) is 0 Å². The van der Waals surface area contributed by atoms with Gasteiger partial charge in [0.1, 0.15) is 12.4 Å². The minimum Gasteiger partial charge on any atom is -0.492 e. The Balaban J connectivity index is 0.00000180. The van der Waals surface area contributed by atoms with Crippen LogP contribution in [0.2, 0.25) is 0 Å². The number of hydrogen-bond acceptors (Lipinski definition) is 3. The fourth-order valence-electron chi connectivity index (χ4n) is 2.35. The third kappa shape index (κ3) is 4.68. The Kier molecular flexibility index (Phi) is 6.63. The highest BCUT2D eigenvalue weighted by molar-refractivity contribution is 5.85. The lowest BCUT2D eigenvalue weighted by Crippen LogP contribution is -2.50. The van der Waals surface area contributed by atoms with Gasteiger partial charge in [0.15, 0.2) is 0 Å². The SMILES string of the molecule is Cc1ccc(C)c(OCCN2CCNCC2C)c1.Cl. The van der Waals surface area contributed by atoms with Crippen molar-refractivity contribution in [3.8, 4) is 5.75 Å². The molecule has 0 aromatic heterocycles. The van der Waals surface area contributed by atoms with E-state index in [1.165, 1.54) is 11.1 Å². The van der Waals surface area contributed by atoms with Crippen LogP contribution < -0.4 is 10.1 Å². The predicted molar refractivity (Wildman–Crippen MR) is 82.6 cm³/mol.